The minimum atomic E-state index is -0.000868. The van der Waals surface area contributed by atoms with E-state index in [4.69, 9.17) is 0 Å². The van der Waals surface area contributed by atoms with Gasteiger partial charge >= 0.3 is 0 Å². The summed E-state index contributed by atoms with van der Waals surface area (Å²) < 4.78 is 0. The fourth-order valence-corrected chi connectivity index (χ4v) is 1.61. The summed E-state index contributed by atoms with van der Waals surface area (Å²) in [5.41, 5.74) is 1.81. The minimum Gasteiger partial charge on any atom is -0.378 e. The molecule has 100 valence electrons. The van der Waals surface area contributed by atoms with Crippen LogP contribution in [0.5, 0.6) is 0 Å². The van der Waals surface area contributed by atoms with Gasteiger partial charge in [0, 0.05) is 31.9 Å². The first-order valence-corrected chi connectivity index (χ1v) is 6.21. The number of rotatable bonds is 6. The van der Waals surface area contributed by atoms with Crippen molar-refractivity contribution in [3.8, 4) is 0 Å². The molecule has 0 spiro atoms. The minimum absolute atomic E-state index is 0.000868. The first-order valence-electron chi connectivity index (χ1n) is 6.21. The van der Waals surface area contributed by atoms with Crippen LogP contribution in [0.4, 0.5) is 5.69 Å². The molecule has 1 amide bonds. The predicted octanol–water partition coefficient (Wildman–Crippen LogP) is 1.43. The largest absolute Gasteiger partial charge is 0.378 e. The van der Waals surface area contributed by atoms with Gasteiger partial charge in [0.1, 0.15) is 0 Å². The Morgan fingerprint density at radius 2 is 1.72 bits per heavy atom. The number of carbonyl (C=O) groups excluding carboxylic acids is 1. The second-order valence-corrected chi connectivity index (χ2v) is 4.85. The van der Waals surface area contributed by atoms with Gasteiger partial charge in [0.25, 0.3) is 5.91 Å². The monoisotopic (exact) mass is 249 g/mol. The zero-order valence-corrected chi connectivity index (χ0v) is 11.7. The molecule has 0 aliphatic heterocycles. The lowest BCUT2D eigenvalue weighted by atomic mass is 10.2. The third-order valence-corrected chi connectivity index (χ3v) is 2.71. The second-order valence-electron chi connectivity index (χ2n) is 4.85. The molecule has 0 fully saturated rings. The highest BCUT2D eigenvalue weighted by molar-refractivity contribution is 5.94. The molecule has 1 aromatic rings. The standard InChI is InChI=1S/C14H23N3O/c1-16(2)11-5-10-15-14(18)12-6-8-13(9-7-12)17(3)4/h6-9H,5,10-11H2,1-4H3,(H,15,18). The van der Waals surface area contributed by atoms with Crippen molar-refractivity contribution in [2.24, 2.45) is 0 Å². The van der Waals surface area contributed by atoms with Crippen LogP contribution < -0.4 is 10.2 Å². The number of carbonyl (C=O) groups is 1. The molecule has 1 aromatic carbocycles. The number of benzene rings is 1. The Kier molecular flexibility index (Phi) is 5.65. The molecule has 1 rings (SSSR count). The average Bonchev–Trinajstić information content (AvgIpc) is 2.34. The van der Waals surface area contributed by atoms with Crippen LogP contribution in [0, 0.1) is 0 Å². The highest BCUT2D eigenvalue weighted by Gasteiger charge is 2.04. The van der Waals surface area contributed by atoms with Crippen LogP contribution >= 0.6 is 0 Å². The molecule has 0 aliphatic carbocycles. The molecular weight excluding hydrogens is 226 g/mol. The molecule has 0 atom stereocenters. The summed E-state index contributed by atoms with van der Waals surface area (Å²) in [7, 11) is 8.02. The van der Waals surface area contributed by atoms with E-state index in [2.05, 4.69) is 10.2 Å². The molecule has 0 saturated carbocycles. The van der Waals surface area contributed by atoms with E-state index >= 15 is 0 Å². The van der Waals surface area contributed by atoms with Gasteiger partial charge in [-0.15, -0.1) is 0 Å². The summed E-state index contributed by atoms with van der Waals surface area (Å²) in [6.45, 7) is 1.70. The molecule has 0 heterocycles. The van der Waals surface area contributed by atoms with Gasteiger partial charge in [0.2, 0.25) is 0 Å². The van der Waals surface area contributed by atoms with Gasteiger partial charge < -0.3 is 15.1 Å². The van der Waals surface area contributed by atoms with Crippen molar-refractivity contribution < 1.29 is 4.79 Å². The quantitative estimate of drug-likeness (QED) is 0.775. The van der Waals surface area contributed by atoms with Gasteiger partial charge in [0.15, 0.2) is 0 Å². The van der Waals surface area contributed by atoms with E-state index in [-0.39, 0.29) is 5.91 Å². The average molecular weight is 249 g/mol. The lowest BCUT2D eigenvalue weighted by Crippen LogP contribution is -2.27. The van der Waals surface area contributed by atoms with E-state index in [0.29, 0.717) is 12.1 Å². The van der Waals surface area contributed by atoms with E-state index in [1.807, 2.05) is 57.4 Å². The first kappa shape index (κ1) is 14.5. The number of nitrogens with zero attached hydrogens (tertiary/aromatic N) is 2. The molecule has 0 bridgehead atoms. The van der Waals surface area contributed by atoms with E-state index in [1.54, 1.807) is 0 Å². The van der Waals surface area contributed by atoms with Crippen LogP contribution in [0.2, 0.25) is 0 Å². The Morgan fingerprint density at radius 1 is 1.11 bits per heavy atom. The lowest BCUT2D eigenvalue weighted by Gasteiger charge is -2.13. The molecule has 0 radical (unpaired) electrons. The number of amides is 1. The maximum Gasteiger partial charge on any atom is 0.251 e. The summed E-state index contributed by atoms with van der Waals surface area (Å²) in [6, 6.07) is 7.62. The third kappa shape index (κ3) is 4.75. The summed E-state index contributed by atoms with van der Waals surface area (Å²) in [6.07, 6.45) is 0.967. The summed E-state index contributed by atoms with van der Waals surface area (Å²) in [4.78, 5) is 16.0. The van der Waals surface area contributed by atoms with Crippen molar-refractivity contribution in [1.82, 2.24) is 10.2 Å². The topological polar surface area (TPSA) is 35.6 Å². The van der Waals surface area contributed by atoms with E-state index in [0.717, 1.165) is 18.7 Å². The Balaban J connectivity index is 2.42. The number of hydrogen-bond donors (Lipinski definition) is 1. The Bertz CT molecular complexity index is 371. The van der Waals surface area contributed by atoms with Crippen LogP contribution in [0.1, 0.15) is 16.8 Å². The van der Waals surface area contributed by atoms with Gasteiger partial charge in [-0.1, -0.05) is 0 Å². The smallest absolute Gasteiger partial charge is 0.251 e. The number of anilines is 1. The fourth-order valence-electron chi connectivity index (χ4n) is 1.61. The number of nitrogens with one attached hydrogen (secondary N) is 1. The lowest BCUT2D eigenvalue weighted by molar-refractivity contribution is 0.0952. The normalized spacial score (nSPS) is 10.5. The SMILES string of the molecule is CN(C)CCCNC(=O)c1ccc(N(C)C)cc1. The molecule has 18 heavy (non-hydrogen) atoms. The predicted molar refractivity (Wildman–Crippen MR) is 76.3 cm³/mol. The molecule has 0 aromatic heterocycles. The highest BCUT2D eigenvalue weighted by atomic mass is 16.1. The van der Waals surface area contributed by atoms with Crippen molar-refractivity contribution in [3.63, 3.8) is 0 Å². The third-order valence-electron chi connectivity index (χ3n) is 2.71. The van der Waals surface area contributed by atoms with Gasteiger partial charge in [-0.3, -0.25) is 4.79 Å². The molecule has 0 unspecified atom stereocenters. The maximum absolute atomic E-state index is 11.8. The zero-order chi connectivity index (χ0) is 13.5. The fraction of sp³-hybridized carbons (Fsp3) is 0.500. The molecule has 1 N–H and O–H groups in total. The van der Waals surface area contributed by atoms with Gasteiger partial charge in [-0.05, 0) is 51.3 Å². The van der Waals surface area contributed by atoms with E-state index < -0.39 is 0 Å². The van der Waals surface area contributed by atoms with Gasteiger partial charge in [-0.2, -0.15) is 0 Å². The second kappa shape index (κ2) is 7.01. The Hall–Kier alpha value is -1.55. The van der Waals surface area contributed by atoms with Crippen LogP contribution in [0.3, 0.4) is 0 Å². The van der Waals surface area contributed by atoms with Crippen molar-refractivity contribution in [2.45, 2.75) is 6.42 Å². The zero-order valence-electron chi connectivity index (χ0n) is 11.7. The Morgan fingerprint density at radius 3 is 2.22 bits per heavy atom. The first-order chi connectivity index (χ1) is 8.50. The van der Waals surface area contributed by atoms with Crippen molar-refractivity contribution in [1.29, 1.82) is 0 Å². The van der Waals surface area contributed by atoms with Crippen molar-refractivity contribution >= 4 is 11.6 Å². The molecular formula is C14H23N3O. The van der Waals surface area contributed by atoms with E-state index in [9.17, 15) is 4.79 Å². The van der Waals surface area contributed by atoms with Crippen molar-refractivity contribution in [3.05, 3.63) is 29.8 Å². The maximum atomic E-state index is 11.8. The van der Waals surface area contributed by atoms with Crippen LogP contribution in [0.15, 0.2) is 24.3 Å². The molecule has 0 aliphatic rings. The Labute approximate surface area is 110 Å². The van der Waals surface area contributed by atoms with Crippen LogP contribution in [0.25, 0.3) is 0 Å². The van der Waals surface area contributed by atoms with Gasteiger partial charge in [0.05, 0.1) is 0 Å². The molecule has 4 heteroatoms. The van der Waals surface area contributed by atoms with E-state index in [1.165, 1.54) is 0 Å². The van der Waals surface area contributed by atoms with Crippen LogP contribution in [-0.4, -0.2) is 52.1 Å². The van der Waals surface area contributed by atoms with Crippen LogP contribution in [-0.2, 0) is 0 Å². The van der Waals surface area contributed by atoms with Crippen molar-refractivity contribution in [2.75, 3.05) is 46.2 Å². The summed E-state index contributed by atoms with van der Waals surface area (Å²) in [5, 5.41) is 2.92. The highest BCUT2D eigenvalue weighted by Crippen LogP contribution is 2.11. The number of hydrogen-bond acceptors (Lipinski definition) is 3. The summed E-state index contributed by atoms with van der Waals surface area (Å²) in [5.74, 6) is -0.000868. The summed E-state index contributed by atoms with van der Waals surface area (Å²) >= 11 is 0. The molecule has 4 nitrogen and oxygen atoms in total. The molecule has 0 saturated heterocycles. The van der Waals surface area contributed by atoms with Gasteiger partial charge in [-0.25, -0.2) is 0 Å².